The Morgan fingerprint density at radius 1 is 0.300 bits per heavy atom. The van der Waals surface area contributed by atoms with Gasteiger partial charge in [0.2, 0.25) is 0 Å². The minimum atomic E-state index is -0.0878. The van der Waals surface area contributed by atoms with Crippen LogP contribution in [-0.4, -0.2) is 0 Å². The Hall–Kier alpha value is -4.68. The molecule has 0 aromatic heterocycles. The molecule has 0 atom stereocenters. The maximum absolute atomic E-state index is 2.51. The van der Waals surface area contributed by atoms with E-state index in [1.807, 2.05) is 0 Å². The first-order chi connectivity index (χ1) is 27.6. The number of aryl methyl sites for hydroxylation is 2. The van der Waals surface area contributed by atoms with Gasteiger partial charge >= 0.3 is 0 Å². The van der Waals surface area contributed by atoms with Crippen molar-refractivity contribution in [1.82, 2.24) is 0 Å². The third-order valence-electron chi connectivity index (χ3n) is 14.4. The Morgan fingerprint density at radius 3 is 0.900 bits per heavy atom. The molecular weight excluding hydrogens is 721 g/mol. The van der Waals surface area contributed by atoms with Gasteiger partial charge in [-0.2, -0.15) is 0 Å². The van der Waals surface area contributed by atoms with Crippen LogP contribution in [0.5, 0.6) is 0 Å². The van der Waals surface area contributed by atoms with Crippen molar-refractivity contribution < 1.29 is 0 Å². The smallest absolute Gasteiger partial charge is 0.0159 e. The van der Waals surface area contributed by atoms with Crippen molar-refractivity contribution in [3.63, 3.8) is 0 Å². The summed E-state index contributed by atoms with van der Waals surface area (Å²) in [4.78, 5) is 0. The van der Waals surface area contributed by atoms with E-state index in [-0.39, 0.29) is 32.5 Å². The van der Waals surface area contributed by atoms with E-state index < -0.39 is 0 Å². The number of fused-ring (bicyclic) bond motifs is 6. The van der Waals surface area contributed by atoms with Crippen LogP contribution in [0.3, 0.4) is 0 Å². The van der Waals surface area contributed by atoms with Crippen molar-refractivity contribution in [2.24, 2.45) is 0 Å². The summed E-state index contributed by atoms with van der Waals surface area (Å²) in [6, 6.07) is 39.0. The summed E-state index contributed by atoms with van der Waals surface area (Å²) in [5.74, 6) is 0. The van der Waals surface area contributed by atoms with Crippen LogP contribution >= 0.6 is 0 Å². The lowest BCUT2D eigenvalue weighted by Gasteiger charge is -2.27. The molecule has 0 radical (unpaired) electrons. The molecule has 0 aliphatic heterocycles. The van der Waals surface area contributed by atoms with Crippen molar-refractivity contribution in [1.29, 1.82) is 0 Å². The summed E-state index contributed by atoms with van der Waals surface area (Å²) in [6.07, 6.45) is 0. The summed E-state index contributed by atoms with van der Waals surface area (Å²) in [6.45, 7) is 42.4. The summed E-state index contributed by atoms with van der Waals surface area (Å²) in [7, 11) is 0. The van der Waals surface area contributed by atoms with E-state index >= 15 is 0 Å². The van der Waals surface area contributed by atoms with Crippen LogP contribution < -0.4 is 0 Å². The maximum Gasteiger partial charge on any atom is 0.0159 e. The van der Waals surface area contributed by atoms with Crippen LogP contribution in [0.15, 0.2) is 97.1 Å². The first-order valence-electron chi connectivity index (χ1n) is 22.5. The molecule has 0 saturated heterocycles. The highest BCUT2D eigenvalue weighted by atomic mass is 14.4. The third-order valence-corrected chi connectivity index (χ3v) is 14.4. The second-order valence-corrected chi connectivity index (χ2v) is 23.7. The zero-order chi connectivity index (χ0) is 43.9. The zero-order valence-electron chi connectivity index (χ0n) is 40.2. The van der Waals surface area contributed by atoms with Gasteiger partial charge in [0.05, 0.1) is 0 Å². The second-order valence-electron chi connectivity index (χ2n) is 23.7. The van der Waals surface area contributed by atoms with E-state index in [1.54, 1.807) is 0 Å². The Kier molecular flexibility index (Phi) is 9.39. The van der Waals surface area contributed by atoms with Crippen molar-refractivity contribution in [2.45, 2.75) is 157 Å². The number of hydrogen-bond acceptors (Lipinski definition) is 0. The minimum absolute atomic E-state index is 0.0266. The Morgan fingerprint density at radius 2 is 0.600 bits per heavy atom. The van der Waals surface area contributed by atoms with Gasteiger partial charge in [-0.1, -0.05) is 196 Å². The van der Waals surface area contributed by atoms with Crippen molar-refractivity contribution >= 4 is 0 Å². The van der Waals surface area contributed by atoms with E-state index in [0.29, 0.717) is 0 Å². The minimum Gasteiger partial charge on any atom is -0.0579 e. The van der Waals surface area contributed by atoms with Gasteiger partial charge < -0.3 is 0 Å². The second kappa shape index (κ2) is 13.4. The van der Waals surface area contributed by atoms with Crippen LogP contribution in [0.4, 0.5) is 0 Å². The molecule has 8 rings (SSSR count). The van der Waals surface area contributed by atoms with Crippen molar-refractivity contribution in [3.8, 4) is 55.6 Å². The van der Waals surface area contributed by atoms with Gasteiger partial charge in [0, 0.05) is 10.8 Å². The molecule has 60 heavy (non-hydrogen) atoms. The highest BCUT2D eigenvalue weighted by molar-refractivity contribution is 5.96. The molecule has 2 aliphatic carbocycles. The zero-order valence-corrected chi connectivity index (χ0v) is 40.2. The normalized spacial score (nSPS) is 15.4. The summed E-state index contributed by atoms with van der Waals surface area (Å²) in [5.41, 5.74) is 27.5. The van der Waals surface area contributed by atoms with Gasteiger partial charge in [0.1, 0.15) is 0 Å². The van der Waals surface area contributed by atoms with Gasteiger partial charge in [0.25, 0.3) is 0 Å². The van der Waals surface area contributed by atoms with E-state index in [0.717, 1.165) is 0 Å². The lowest BCUT2D eigenvalue weighted by Crippen LogP contribution is -2.19. The van der Waals surface area contributed by atoms with Gasteiger partial charge in [-0.3, -0.25) is 0 Å². The van der Waals surface area contributed by atoms with Gasteiger partial charge in [-0.05, 0) is 159 Å². The predicted octanol–water partition coefficient (Wildman–Crippen LogP) is 17.1. The molecule has 0 saturated carbocycles. The van der Waals surface area contributed by atoms with E-state index in [1.165, 1.54) is 111 Å². The van der Waals surface area contributed by atoms with Gasteiger partial charge in [-0.15, -0.1) is 0 Å². The fourth-order valence-electron chi connectivity index (χ4n) is 10.2. The van der Waals surface area contributed by atoms with E-state index in [2.05, 4.69) is 222 Å². The maximum atomic E-state index is 2.51. The molecule has 0 unspecified atom stereocenters. The molecule has 0 amide bonds. The monoisotopic (exact) mass is 791 g/mol. The molecule has 0 bridgehead atoms. The van der Waals surface area contributed by atoms with Crippen LogP contribution in [0, 0.1) is 13.8 Å². The van der Waals surface area contributed by atoms with E-state index in [9.17, 15) is 0 Å². The first-order valence-corrected chi connectivity index (χ1v) is 22.5. The fourth-order valence-corrected chi connectivity index (χ4v) is 10.2. The molecule has 0 fully saturated rings. The van der Waals surface area contributed by atoms with E-state index in [4.69, 9.17) is 0 Å². The molecule has 2 aliphatic rings. The quantitative estimate of drug-likeness (QED) is 0.167. The molecule has 310 valence electrons. The number of benzene rings is 6. The Labute approximate surface area is 363 Å². The SMILES string of the molecule is Cc1cc(-c2cc(C(C)(C)C)cc3c2-c2ccc(C(C)(C)C)cc2C3(C)C)ccc1-c1ccc(-c2cc(C(C)(C)C)cc3c2-c2ccc(C(C)(C)C)cc2C3(C)C)cc1C. The lowest BCUT2D eigenvalue weighted by atomic mass is 9.76. The summed E-state index contributed by atoms with van der Waals surface area (Å²) in [5, 5.41) is 0. The average molecular weight is 791 g/mol. The van der Waals surface area contributed by atoms with Crippen LogP contribution in [0.1, 0.15) is 166 Å². The largest absolute Gasteiger partial charge is 0.0579 e. The predicted molar refractivity (Wildman–Crippen MR) is 262 cm³/mol. The Bertz CT molecular complexity index is 2540. The topological polar surface area (TPSA) is 0 Å². The van der Waals surface area contributed by atoms with Gasteiger partial charge in [0.15, 0.2) is 0 Å². The molecule has 0 spiro atoms. The standard InChI is InChI=1S/C60H70/c1-35-27-37(47-29-41(57(9,10)11)33-51-53(47)45-25-21-39(55(3,4)5)31-49(45)59(51,15)16)19-23-43(35)44-24-20-38(28-36(44)2)48-30-42(58(12,13)14)34-52-54(48)46-26-22-40(56(6,7)8)32-50(46)60(52,17)18/h19-34H,1-18H3. The van der Waals surface area contributed by atoms with Crippen LogP contribution in [0.2, 0.25) is 0 Å². The molecule has 0 nitrogen and oxygen atoms in total. The molecule has 0 heteroatoms. The first kappa shape index (κ1) is 42.0. The number of hydrogen-bond donors (Lipinski definition) is 0. The van der Waals surface area contributed by atoms with Gasteiger partial charge in [-0.25, -0.2) is 0 Å². The molecule has 0 heterocycles. The summed E-state index contributed by atoms with van der Waals surface area (Å²) >= 11 is 0. The molecule has 6 aromatic rings. The Balaban J connectivity index is 1.25. The molecule has 0 N–H and O–H groups in total. The average Bonchev–Trinajstić information content (AvgIpc) is 3.51. The fraction of sp³-hybridized carbons (Fsp3) is 0.400. The molecular formula is C60H70. The number of rotatable bonds is 3. The summed E-state index contributed by atoms with van der Waals surface area (Å²) < 4.78 is 0. The highest BCUT2D eigenvalue weighted by Gasteiger charge is 2.41. The molecule has 6 aromatic carbocycles. The third kappa shape index (κ3) is 6.73. The van der Waals surface area contributed by atoms with Crippen LogP contribution in [-0.2, 0) is 32.5 Å². The lowest BCUT2D eigenvalue weighted by molar-refractivity contribution is 0.579. The highest BCUT2D eigenvalue weighted by Crippen LogP contribution is 2.56. The van der Waals surface area contributed by atoms with Crippen molar-refractivity contribution in [2.75, 3.05) is 0 Å². The van der Waals surface area contributed by atoms with Crippen LogP contribution in [0.25, 0.3) is 55.6 Å². The van der Waals surface area contributed by atoms with Crippen molar-refractivity contribution in [3.05, 3.63) is 153 Å².